The van der Waals surface area contributed by atoms with Gasteiger partial charge in [0, 0.05) is 6.07 Å². The number of hydrogen-bond acceptors (Lipinski definition) is 0. The molecular weight excluding hydrogens is 450 g/mol. The zero-order chi connectivity index (χ0) is 24.7. The number of nitrogens with zero attached hydrogens (tertiary/aromatic N) is 1. The molecule has 2 heterocycles. The maximum Gasteiger partial charge on any atom is 0.220 e. The molecule has 36 heavy (non-hydrogen) atoms. The van der Waals surface area contributed by atoms with Crippen molar-refractivity contribution >= 4 is 24.0 Å². The first-order chi connectivity index (χ1) is 17.5. The topological polar surface area (TPSA) is 3.88 Å². The Morgan fingerprint density at radius 3 is 2.28 bits per heavy atom. The Morgan fingerprint density at radius 2 is 1.53 bits per heavy atom. The van der Waals surface area contributed by atoms with Crippen molar-refractivity contribution in [3.63, 3.8) is 0 Å². The predicted molar refractivity (Wildman–Crippen MR) is 157 cm³/mol. The fourth-order valence-electron chi connectivity index (χ4n) is 7.14. The second-order valence-electron chi connectivity index (χ2n) is 11.8. The van der Waals surface area contributed by atoms with Crippen molar-refractivity contribution in [1.82, 2.24) is 0 Å². The summed E-state index contributed by atoms with van der Waals surface area (Å²) in [6.07, 6.45) is 11.9. The Morgan fingerprint density at radius 1 is 0.778 bits per heavy atom. The highest BCUT2D eigenvalue weighted by Crippen LogP contribution is 2.42. The molecule has 0 spiro atoms. The first-order valence-electron chi connectivity index (χ1n) is 14.2. The molecule has 6 rings (SSSR count). The van der Waals surface area contributed by atoms with Crippen LogP contribution in [-0.2, 0) is 7.05 Å². The van der Waals surface area contributed by atoms with E-state index >= 15 is 0 Å². The van der Waals surface area contributed by atoms with Crippen LogP contribution in [0.15, 0.2) is 72.9 Å². The van der Waals surface area contributed by atoms with Crippen LogP contribution in [0.1, 0.15) is 62.0 Å². The van der Waals surface area contributed by atoms with Crippen LogP contribution in [0, 0.1) is 6.92 Å². The zero-order valence-corrected chi connectivity index (χ0v) is 23.3. The van der Waals surface area contributed by atoms with E-state index in [-0.39, 0.29) is 0 Å². The summed E-state index contributed by atoms with van der Waals surface area (Å²) in [5.74, 6) is 0.691. The van der Waals surface area contributed by atoms with E-state index in [0.717, 1.165) is 0 Å². The minimum absolute atomic E-state index is 0.691. The van der Waals surface area contributed by atoms with Gasteiger partial charge in [-0.2, -0.15) is 0 Å². The van der Waals surface area contributed by atoms with Crippen molar-refractivity contribution < 1.29 is 4.57 Å². The van der Waals surface area contributed by atoms with Gasteiger partial charge in [0.05, 0.1) is 19.0 Å². The lowest BCUT2D eigenvalue weighted by atomic mass is 9.85. The molecule has 1 aromatic heterocycles. The smallest absolute Gasteiger partial charge is 0.200 e. The molecule has 2 aliphatic rings. The average Bonchev–Trinajstić information content (AvgIpc) is 3.45. The van der Waals surface area contributed by atoms with Gasteiger partial charge in [-0.1, -0.05) is 104 Å². The van der Waals surface area contributed by atoms with E-state index in [0.29, 0.717) is 5.92 Å². The summed E-state index contributed by atoms with van der Waals surface area (Å²) in [6, 6.07) is 28.7. The number of aromatic nitrogens is 1. The van der Waals surface area contributed by atoms with Gasteiger partial charge in [-0.3, -0.25) is 0 Å². The molecule has 0 radical (unpaired) electrons. The van der Waals surface area contributed by atoms with E-state index in [9.17, 15) is 0 Å². The molecular formula is C34H40NSi+. The molecule has 1 nitrogen and oxygen atoms in total. The van der Waals surface area contributed by atoms with E-state index < -0.39 is 8.07 Å². The minimum atomic E-state index is -1.34. The van der Waals surface area contributed by atoms with E-state index in [1.54, 1.807) is 10.8 Å². The van der Waals surface area contributed by atoms with Gasteiger partial charge < -0.3 is 0 Å². The van der Waals surface area contributed by atoms with Crippen LogP contribution in [0.4, 0.5) is 0 Å². The third-order valence-electron chi connectivity index (χ3n) is 9.40. The molecule has 1 saturated carbocycles. The molecule has 0 atom stereocenters. The Hall–Kier alpha value is -2.71. The maximum absolute atomic E-state index is 2.62. The van der Waals surface area contributed by atoms with Crippen molar-refractivity contribution in [3.05, 3.63) is 84.1 Å². The molecule has 2 heteroatoms. The number of benzene rings is 3. The third-order valence-corrected chi connectivity index (χ3v) is 14.0. The van der Waals surface area contributed by atoms with Crippen LogP contribution in [0.25, 0.3) is 33.2 Å². The highest BCUT2D eigenvalue weighted by atomic mass is 28.3. The monoisotopic (exact) mass is 490 g/mol. The van der Waals surface area contributed by atoms with Gasteiger partial charge in [-0.15, -0.1) is 0 Å². The lowest BCUT2D eigenvalue weighted by molar-refractivity contribution is -0.659. The molecule has 0 N–H and O–H groups in total. The summed E-state index contributed by atoms with van der Waals surface area (Å²) >= 11 is 0. The van der Waals surface area contributed by atoms with Gasteiger partial charge in [0.1, 0.15) is 7.05 Å². The number of pyridine rings is 1. The summed E-state index contributed by atoms with van der Waals surface area (Å²) in [4.78, 5) is 0. The lowest BCUT2D eigenvalue weighted by Crippen LogP contribution is -2.45. The van der Waals surface area contributed by atoms with E-state index in [4.69, 9.17) is 0 Å². The second kappa shape index (κ2) is 9.63. The summed E-state index contributed by atoms with van der Waals surface area (Å²) in [7, 11) is 0.888. The molecule has 0 amide bonds. The van der Waals surface area contributed by atoms with Gasteiger partial charge in [-0.25, -0.2) is 4.57 Å². The van der Waals surface area contributed by atoms with Crippen LogP contribution in [0.2, 0.25) is 18.6 Å². The Labute approximate surface area is 218 Å². The molecule has 0 unspecified atom stereocenters. The van der Waals surface area contributed by atoms with Crippen LogP contribution < -0.4 is 9.75 Å². The molecule has 1 saturated heterocycles. The predicted octanol–water partition coefficient (Wildman–Crippen LogP) is 8.43. The summed E-state index contributed by atoms with van der Waals surface area (Å²) in [6.45, 7) is 5.00. The van der Waals surface area contributed by atoms with Crippen molar-refractivity contribution in [2.45, 2.75) is 76.4 Å². The van der Waals surface area contributed by atoms with Gasteiger partial charge >= 0.3 is 0 Å². The second-order valence-corrected chi connectivity index (χ2v) is 16.5. The summed E-state index contributed by atoms with van der Waals surface area (Å²) < 4.78 is 2.36. The van der Waals surface area contributed by atoms with E-state index in [1.807, 2.05) is 0 Å². The van der Waals surface area contributed by atoms with Gasteiger partial charge in [0.15, 0.2) is 6.20 Å². The molecule has 0 bridgehead atoms. The highest BCUT2D eigenvalue weighted by Gasteiger charge is 2.32. The Bertz CT molecular complexity index is 1390. The third kappa shape index (κ3) is 4.24. The molecule has 3 aromatic carbocycles. The maximum atomic E-state index is 2.62. The number of rotatable bonds is 4. The van der Waals surface area contributed by atoms with Crippen LogP contribution in [0.3, 0.4) is 0 Å². The molecule has 1 aliphatic heterocycles. The quantitative estimate of drug-likeness (QED) is 0.200. The van der Waals surface area contributed by atoms with Gasteiger partial charge in [0.25, 0.3) is 0 Å². The molecule has 2 fully saturated rings. The molecule has 184 valence electrons. The van der Waals surface area contributed by atoms with Crippen LogP contribution in [-0.4, -0.2) is 8.07 Å². The summed E-state index contributed by atoms with van der Waals surface area (Å²) in [5, 5.41) is 4.46. The van der Waals surface area contributed by atoms with Gasteiger partial charge in [-0.05, 0) is 65.5 Å². The lowest BCUT2D eigenvalue weighted by Gasteiger charge is -2.32. The van der Waals surface area contributed by atoms with E-state index in [2.05, 4.69) is 98.0 Å². The van der Waals surface area contributed by atoms with Crippen molar-refractivity contribution in [2.75, 3.05) is 0 Å². The van der Waals surface area contributed by atoms with Crippen molar-refractivity contribution in [3.8, 4) is 22.4 Å². The van der Waals surface area contributed by atoms with E-state index in [1.165, 1.54) is 95.8 Å². The summed E-state index contributed by atoms with van der Waals surface area (Å²) in [5.41, 5.74) is 8.49. The fourth-order valence-corrected chi connectivity index (χ4v) is 11.0. The first kappa shape index (κ1) is 23.7. The van der Waals surface area contributed by atoms with Crippen LogP contribution >= 0.6 is 0 Å². The number of fused-ring (bicyclic) bond motifs is 1. The van der Waals surface area contributed by atoms with Gasteiger partial charge in [0.2, 0.25) is 5.69 Å². The minimum Gasteiger partial charge on any atom is -0.200 e. The Balaban J connectivity index is 1.55. The largest absolute Gasteiger partial charge is 0.220 e. The molecule has 1 aliphatic carbocycles. The highest BCUT2D eigenvalue weighted by molar-refractivity contribution is 6.91. The van der Waals surface area contributed by atoms with Crippen LogP contribution in [0.5, 0.6) is 0 Å². The standard InChI is InChI=1S/C34H40NSi/c1-25-32(27-14-8-9-15-27)23-29(26-12-6-4-7-13-26)24-33(25)34-31-17-16-30(22-28(31)18-19-35(34)2)36(3)20-10-5-11-21-36/h4,6-7,12-13,16-19,22-24,27H,5,8-11,14-15,20-21H2,1-3H3/q+1. The average molecular weight is 491 g/mol. The SMILES string of the molecule is Cc1c(-c2c3ccc([Si]4(C)CCCCC4)cc3cc[n+]2C)cc(-c2ccccc2)cc1C1CCCC1. The number of aryl methyl sites for hydroxylation is 1. The first-order valence-corrected chi connectivity index (χ1v) is 17.1. The number of hydrogen-bond donors (Lipinski definition) is 0. The van der Waals surface area contributed by atoms with Crippen molar-refractivity contribution in [1.29, 1.82) is 0 Å². The Kier molecular flexibility index (Phi) is 6.33. The molecule has 4 aromatic rings. The zero-order valence-electron chi connectivity index (χ0n) is 22.3. The normalized spacial score (nSPS) is 18.1. The fraction of sp³-hybridized carbons (Fsp3) is 0.382. The van der Waals surface area contributed by atoms with Crippen molar-refractivity contribution in [2.24, 2.45) is 7.05 Å².